The van der Waals surface area contributed by atoms with Crippen LogP contribution in [0.3, 0.4) is 0 Å². The van der Waals surface area contributed by atoms with E-state index in [9.17, 15) is 30.3 Å². The van der Waals surface area contributed by atoms with Crippen LogP contribution < -0.4 is 5.32 Å². The summed E-state index contributed by atoms with van der Waals surface area (Å²) in [6, 6.07) is -0.831. The van der Waals surface area contributed by atoms with Gasteiger partial charge in [0.25, 0.3) is 0 Å². The van der Waals surface area contributed by atoms with Crippen LogP contribution >= 0.6 is 0 Å². The molecule has 7 unspecified atom stereocenters. The lowest BCUT2D eigenvalue weighted by molar-refractivity contribution is -0.302. The number of carbonyl (C=O) groups is 1. The number of amides is 1. The summed E-state index contributed by atoms with van der Waals surface area (Å²) < 4.78 is 11.2. The van der Waals surface area contributed by atoms with E-state index in [-0.39, 0.29) is 12.5 Å². The molecule has 0 spiro atoms. The van der Waals surface area contributed by atoms with Crippen molar-refractivity contribution in [3.63, 3.8) is 0 Å². The molecule has 1 aliphatic heterocycles. The van der Waals surface area contributed by atoms with Gasteiger partial charge in [-0.2, -0.15) is 0 Å². The van der Waals surface area contributed by atoms with Gasteiger partial charge in [0.1, 0.15) is 24.4 Å². The van der Waals surface area contributed by atoms with Gasteiger partial charge in [-0.3, -0.25) is 4.79 Å². The average Bonchev–Trinajstić information content (AvgIpc) is 3.38. The molecule has 0 aromatic heterocycles. The van der Waals surface area contributed by atoms with Crippen molar-refractivity contribution in [3.8, 4) is 0 Å². The fourth-order valence-corrected chi connectivity index (χ4v) is 8.74. The highest BCUT2D eigenvalue weighted by molar-refractivity contribution is 5.76. The number of hydrogen-bond donors (Lipinski definition) is 6. The molecular formula is C63H109NO8. The van der Waals surface area contributed by atoms with Crippen molar-refractivity contribution in [3.05, 3.63) is 97.2 Å². The number of unbranched alkanes of at least 4 members (excludes halogenated alkanes) is 25. The van der Waals surface area contributed by atoms with Gasteiger partial charge in [0.15, 0.2) is 6.29 Å². The van der Waals surface area contributed by atoms with Crippen LogP contribution in [0, 0.1) is 0 Å². The second kappa shape index (κ2) is 51.6. The Morgan fingerprint density at radius 1 is 0.486 bits per heavy atom. The molecule has 1 fully saturated rings. The Morgan fingerprint density at radius 3 is 1.33 bits per heavy atom. The first-order chi connectivity index (χ1) is 35.3. The van der Waals surface area contributed by atoms with E-state index in [2.05, 4.69) is 104 Å². The van der Waals surface area contributed by atoms with Crippen molar-refractivity contribution in [2.24, 2.45) is 0 Å². The predicted molar refractivity (Wildman–Crippen MR) is 304 cm³/mol. The summed E-state index contributed by atoms with van der Waals surface area (Å²) in [6.07, 6.45) is 67.8. The molecule has 9 heteroatoms. The van der Waals surface area contributed by atoms with Crippen LogP contribution in [0.15, 0.2) is 97.2 Å². The second-order valence-electron chi connectivity index (χ2n) is 20.0. The zero-order valence-electron chi connectivity index (χ0n) is 45.9. The van der Waals surface area contributed by atoms with Crippen LogP contribution in [0.5, 0.6) is 0 Å². The minimum atomic E-state index is -1.58. The molecule has 0 aromatic carbocycles. The van der Waals surface area contributed by atoms with E-state index in [0.717, 1.165) is 83.5 Å². The molecular weight excluding hydrogens is 899 g/mol. The van der Waals surface area contributed by atoms with E-state index < -0.39 is 49.5 Å². The summed E-state index contributed by atoms with van der Waals surface area (Å²) in [4.78, 5) is 13.0. The third-order valence-corrected chi connectivity index (χ3v) is 13.4. The third kappa shape index (κ3) is 40.5. The first kappa shape index (κ1) is 67.1. The zero-order valence-corrected chi connectivity index (χ0v) is 45.9. The molecule has 72 heavy (non-hydrogen) atoms. The zero-order chi connectivity index (χ0) is 52.2. The molecule has 1 rings (SSSR count). The molecule has 414 valence electrons. The van der Waals surface area contributed by atoms with Gasteiger partial charge in [0, 0.05) is 6.42 Å². The molecule has 0 aromatic rings. The van der Waals surface area contributed by atoms with Crippen molar-refractivity contribution >= 4 is 5.91 Å². The van der Waals surface area contributed by atoms with Gasteiger partial charge in [-0.15, -0.1) is 0 Å². The minimum absolute atomic E-state index is 0.192. The van der Waals surface area contributed by atoms with Crippen LogP contribution in [0.4, 0.5) is 0 Å². The van der Waals surface area contributed by atoms with Gasteiger partial charge in [-0.1, -0.05) is 239 Å². The fourth-order valence-electron chi connectivity index (χ4n) is 8.74. The summed E-state index contributed by atoms with van der Waals surface area (Å²) >= 11 is 0. The topological polar surface area (TPSA) is 149 Å². The molecule has 1 heterocycles. The number of allylic oxidation sites excluding steroid dienone is 15. The highest BCUT2D eigenvalue weighted by Gasteiger charge is 2.44. The Kier molecular flexibility index (Phi) is 48.1. The predicted octanol–water partition coefficient (Wildman–Crippen LogP) is 14.8. The van der Waals surface area contributed by atoms with Crippen molar-refractivity contribution < 1.29 is 39.8 Å². The Morgan fingerprint density at radius 2 is 0.875 bits per heavy atom. The van der Waals surface area contributed by atoms with Gasteiger partial charge < -0.3 is 40.3 Å². The number of aliphatic hydroxyl groups is 5. The lowest BCUT2D eigenvalue weighted by atomic mass is 9.99. The van der Waals surface area contributed by atoms with Crippen molar-refractivity contribution in [1.29, 1.82) is 0 Å². The number of nitrogens with one attached hydrogen (secondary N) is 1. The minimum Gasteiger partial charge on any atom is -0.394 e. The molecule has 6 N–H and O–H groups in total. The maximum Gasteiger partial charge on any atom is 0.220 e. The van der Waals surface area contributed by atoms with Crippen LogP contribution in [0.1, 0.15) is 239 Å². The van der Waals surface area contributed by atoms with Gasteiger partial charge in [-0.05, 0) is 89.9 Å². The summed E-state index contributed by atoms with van der Waals surface area (Å²) in [7, 11) is 0. The SMILES string of the molecule is CC/C=C\C/C=C\C/C=C\C/C=C\C/C=C\CCCCCCCCCCCCCCCCCCCCCC(=O)NC(COC1OC(CO)C(O)C(O)C1O)C(O)/C=C/CC/C=C/CC/C=C/CCCCCC. The lowest BCUT2D eigenvalue weighted by Crippen LogP contribution is -2.60. The Labute approximate surface area is 441 Å². The van der Waals surface area contributed by atoms with Crippen molar-refractivity contribution in [2.45, 2.75) is 281 Å². The quantitative estimate of drug-likeness (QED) is 0.0261. The third-order valence-electron chi connectivity index (χ3n) is 13.4. The second-order valence-corrected chi connectivity index (χ2v) is 20.0. The molecule has 1 amide bonds. The molecule has 1 saturated heterocycles. The first-order valence-corrected chi connectivity index (χ1v) is 29.5. The molecule has 0 saturated carbocycles. The van der Waals surface area contributed by atoms with E-state index in [1.807, 2.05) is 6.08 Å². The van der Waals surface area contributed by atoms with Gasteiger partial charge in [-0.25, -0.2) is 0 Å². The molecule has 9 nitrogen and oxygen atoms in total. The van der Waals surface area contributed by atoms with E-state index in [1.54, 1.807) is 6.08 Å². The summed E-state index contributed by atoms with van der Waals surface area (Å²) in [5.41, 5.74) is 0. The molecule has 7 atom stereocenters. The number of aliphatic hydroxyl groups excluding tert-OH is 5. The normalized spacial score (nSPS) is 19.9. The Bertz CT molecular complexity index is 1450. The maximum absolute atomic E-state index is 13.0. The first-order valence-electron chi connectivity index (χ1n) is 29.5. The van der Waals surface area contributed by atoms with E-state index in [0.29, 0.717) is 6.42 Å². The molecule has 0 radical (unpaired) electrons. The van der Waals surface area contributed by atoms with E-state index in [1.165, 1.54) is 135 Å². The number of ether oxygens (including phenoxy) is 2. The monoisotopic (exact) mass is 1010 g/mol. The lowest BCUT2D eigenvalue weighted by Gasteiger charge is -2.40. The Hall–Kier alpha value is -2.89. The molecule has 1 aliphatic rings. The van der Waals surface area contributed by atoms with Gasteiger partial charge >= 0.3 is 0 Å². The average molecular weight is 1010 g/mol. The fraction of sp³-hybridized carbons (Fsp3) is 0.730. The van der Waals surface area contributed by atoms with Crippen molar-refractivity contribution in [2.75, 3.05) is 13.2 Å². The van der Waals surface area contributed by atoms with E-state index in [4.69, 9.17) is 9.47 Å². The van der Waals surface area contributed by atoms with Crippen LogP contribution in [0.25, 0.3) is 0 Å². The number of carbonyl (C=O) groups excluding carboxylic acids is 1. The summed E-state index contributed by atoms with van der Waals surface area (Å²) in [5, 5.41) is 54.4. The van der Waals surface area contributed by atoms with Crippen LogP contribution in [-0.2, 0) is 14.3 Å². The van der Waals surface area contributed by atoms with Crippen LogP contribution in [-0.4, -0.2) is 87.5 Å². The maximum atomic E-state index is 13.0. The summed E-state index contributed by atoms with van der Waals surface area (Å²) in [6.45, 7) is 3.62. The Balaban J connectivity index is 2.13. The highest BCUT2D eigenvalue weighted by atomic mass is 16.7. The smallest absolute Gasteiger partial charge is 0.220 e. The standard InChI is InChI=1S/C63H109NO8/c1-3-5-7-9-11-13-15-17-19-20-21-22-23-24-25-26-27-28-29-30-31-32-33-34-35-36-37-38-39-41-43-45-47-49-51-53-59(67)64-56(55-71-63-62(70)61(69)60(68)58(54-65)72-63)57(66)52-50-48-46-44-42-40-18-16-14-12-10-8-6-4-2/h5,7,11,13-14,16-17,19,21-22,24-25,42,44,50,52,56-58,60-63,65-66,68-70H,3-4,6,8-10,12,15,18,20,23,26-41,43,45-49,51,53-55H2,1-2H3,(H,64,67)/b7-5-,13-11-,16-14+,19-17-,22-21-,25-24-,44-42+,52-50+. The summed E-state index contributed by atoms with van der Waals surface area (Å²) in [5.74, 6) is -0.192. The highest BCUT2D eigenvalue weighted by Crippen LogP contribution is 2.23. The number of rotatable bonds is 49. The van der Waals surface area contributed by atoms with E-state index >= 15 is 0 Å². The van der Waals surface area contributed by atoms with Crippen molar-refractivity contribution in [1.82, 2.24) is 5.32 Å². The van der Waals surface area contributed by atoms with Gasteiger partial charge in [0.05, 0.1) is 25.4 Å². The molecule has 0 bridgehead atoms. The van der Waals surface area contributed by atoms with Gasteiger partial charge in [0.2, 0.25) is 5.91 Å². The largest absolute Gasteiger partial charge is 0.394 e. The number of hydrogen-bond acceptors (Lipinski definition) is 8. The van der Waals surface area contributed by atoms with Crippen LogP contribution in [0.2, 0.25) is 0 Å². The molecule has 0 aliphatic carbocycles.